The van der Waals surface area contributed by atoms with Crippen LogP contribution in [0.1, 0.15) is 59.5 Å². The Bertz CT molecular complexity index is 777. The maximum absolute atomic E-state index is 13.2. The Kier molecular flexibility index (Phi) is 5.59. The van der Waals surface area contributed by atoms with E-state index < -0.39 is 0 Å². The van der Waals surface area contributed by atoms with Gasteiger partial charge in [0.1, 0.15) is 0 Å². The van der Waals surface area contributed by atoms with E-state index in [0.717, 1.165) is 57.4 Å². The van der Waals surface area contributed by atoms with Crippen molar-refractivity contribution < 1.29 is 4.79 Å². The third-order valence-electron chi connectivity index (χ3n) is 6.04. The van der Waals surface area contributed by atoms with Crippen molar-refractivity contribution in [1.29, 1.82) is 0 Å². The van der Waals surface area contributed by atoms with Crippen molar-refractivity contribution in [1.82, 2.24) is 24.6 Å². The molecule has 1 atom stereocenters. The Morgan fingerprint density at radius 1 is 1.30 bits per heavy atom. The second-order valence-electron chi connectivity index (χ2n) is 7.90. The molecule has 0 saturated carbocycles. The van der Waals surface area contributed by atoms with Gasteiger partial charge in [0.2, 0.25) is 0 Å². The molecular formula is C20H29N5OS. The van der Waals surface area contributed by atoms with Crippen molar-refractivity contribution in [3.63, 3.8) is 0 Å². The largest absolute Gasteiger partial charge is 0.337 e. The summed E-state index contributed by atoms with van der Waals surface area (Å²) in [5.74, 6) is 0.136. The summed E-state index contributed by atoms with van der Waals surface area (Å²) in [4.78, 5) is 22.0. The van der Waals surface area contributed by atoms with E-state index in [2.05, 4.69) is 27.4 Å². The number of hydrogen-bond donors (Lipinski definition) is 0. The summed E-state index contributed by atoms with van der Waals surface area (Å²) >= 11 is 1.64. The Hall–Kier alpha value is -1.73. The highest BCUT2D eigenvalue weighted by molar-refractivity contribution is 7.07. The van der Waals surface area contributed by atoms with Gasteiger partial charge in [-0.1, -0.05) is 12.8 Å². The molecule has 1 amide bonds. The van der Waals surface area contributed by atoms with Gasteiger partial charge in [0.05, 0.1) is 11.2 Å². The van der Waals surface area contributed by atoms with Crippen molar-refractivity contribution >= 4 is 17.2 Å². The van der Waals surface area contributed by atoms with E-state index in [1.807, 2.05) is 22.1 Å². The molecule has 0 bridgehead atoms. The number of thiazole rings is 1. The van der Waals surface area contributed by atoms with Crippen LogP contribution in [0.2, 0.25) is 0 Å². The predicted octanol–water partition coefficient (Wildman–Crippen LogP) is 2.88. The predicted molar refractivity (Wildman–Crippen MR) is 107 cm³/mol. The summed E-state index contributed by atoms with van der Waals surface area (Å²) in [7, 11) is 4.15. The standard InChI is InChI=1S/C20H29N5OS/c1-23(12-15-13-27-14-21-15)16-7-8-18-17(11-16)19(22-24(18)2)20(26)25-9-5-3-4-6-10-25/h13-14,16H,3-12H2,1-2H3. The van der Waals surface area contributed by atoms with Gasteiger partial charge in [-0.2, -0.15) is 5.10 Å². The number of likely N-dealkylation sites (tertiary alicyclic amines) is 1. The molecule has 0 spiro atoms. The van der Waals surface area contributed by atoms with Crippen LogP contribution in [0.3, 0.4) is 0 Å². The van der Waals surface area contributed by atoms with Gasteiger partial charge in [-0.15, -0.1) is 11.3 Å². The average Bonchev–Trinajstić information content (AvgIpc) is 3.19. The van der Waals surface area contributed by atoms with Gasteiger partial charge in [0.15, 0.2) is 5.69 Å². The van der Waals surface area contributed by atoms with Gasteiger partial charge in [-0.05, 0) is 39.2 Å². The lowest BCUT2D eigenvalue weighted by Crippen LogP contribution is -2.37. The molecule has 27 heavy (non-hydrogen) atoms. The monoisotopic (exact) mass is 387 g/mol. The third kappa shape index (κ3) is 3.94. The first-order valence-corrected chi connectivity index (χ1v) is 11.0. The van der Waals surface area contributed by atoms with Crippen molar-refractivity contribution in [2.45, 2.75) is 57.5 Å². The number of amides is 1. The molecule has 7 heteroatoms. The summed E-state index contributed by atoms with van der Waals surface area (Å²) in [5.41, 5.74) is 6.13. The van der Waals surface area contributed by atoms with Gasteiger partial charge in [-0.25, -0.2) is 4.98 Å². The fourth-order valence-corrected chi connectivity index (χ4v) is 4.99. The van der Waals surface area contributed by atoms with E-state index in [-0.39, 0.29) is 5.91 Å². The van der Waals surface area contributed by atoms with Crippen LogP contribution in [0, 0.1) is 0 Å². The average molecular weight is 388 g/mol. The molecule has 1 aliphatic carbocycles. The zero-order chi connectivity index (χ0) is 18.8. The number of nitrogens with zero attached hydrogens (tertiary/aromatic N) is 5. The topological polar surface area (TPSA) is 54.3 Å². The van der Waals surface area contributed by atoms with E-state index in [0.29, 0.717) is 11.7 Å². The highest BCUT2D eigenvalue weighted by atomic mass is 32.1. The first kappa shape index (κ1) is 18.6. The van der Waals surface area contributed by atoms with Gasteiger partial charge >= 0.3 is 0 Å². The van der Waals surface area contributed by atoms with Crippen LogP contribution in [0.25, 0.3) is 0 Å². The SMILES string of the molecule is CN(Cc1cscn1)C1CCc2c(c(C(=O)N3CCCCCC3)nn2C)C1. The molecule has 1 fully saturated rings. The number of hydrogen-bond acceptors (Lipinski definition) is 5. The fraction of sp³-hybridized carbons (Fsp3) is 0.650. The van der Waals surface area contributed by atoms with Crippen LogP contribution in [0.15, 0.2) is 10.9 Å². The Morgan fingerprint density at radius 3 is 2.78 bits per heavy atom. The lowest BCUT2D eigenvalue weighted by molar-refractivity contribution is 0.0753. The number of carbonyl (C=O) groups is 1. The summed E-state index contributed by atoms with van der Waals surface area (Å²) < 4.78 is 1.94. The van der Waals surface area contributed by atoms with Gasteiger partial charge in [0, 0.05) is 49.4 Å². The number of fused-ring (bicyclic) bond motifs is 1. The molecule has 146 valence electrons. The van der Waals surface area contributed by atoms with Crippen LogP contribution in [-0.4, -0.2) is 56.7 Å². The number of likely N-dealkylation sites (N-methyl/N-ethyl adjacent to an activating group) is 1. The highest BCUT2D eigenvalue weighted by Crippen LogP contribution is 2.28. The van der Waals surface area contributed by atoms with Crippen LogP contribution in [-0.2, 0) is 26.4 Å². The quantitative estimate of drug-likeness (QED) is 0.809. The zero-order valence-electron chi connectivity index (χ0n) is 16.4. The van der Waals surface area contributed by atoms with E-state index in [1.54, 1.807) is 11.3 Å². The minimum Gasteiger partial charge on any atom is -0.337 e. The molecule has 1 unspecified atom stereocenters. The first-order valence-electron chi connectivity index (χ1n) is 10.0. The van der Waals surface area contributed by atoms with Crippen LogP contribution in [0.5, 0.6) is 0 Å². The van der Waals surface area contributed by atoms with Crippen LogP contribution < -0.4 is 0 Å². The Morgan fingerprint density at radius 2 is 2.07 bits per heavy atom. The third-order valence-corrected chi connectivity index (χ3v) is 6.68. The van der Waals surface area contributed by atoms with Crippen LogP contribution >= 0.6 is 11.3 Å². The molecule has 0 aromatic carbocycles. The number of aromatic nitrogens is 3. The minimum absolute atomic E-state index is 0.136. The maximum Gasteiger partial charge on any atom is 0.274 e. The molecule has 4 rings (SSSR count). The number of carbonyl (C=O) groups excluding carboxylic acids is 1. The molecule has 1 aliphatic heterocycles. The number of rotatable bonds is 4. The van der Waals surface area contributed by atoms with Gasteiger partial charge in [-0.3, -0.25) is 14.4 Å². The van der Waals surface area contributed by atoms with E-state index in [1.165, 1.54) is 24.1 Å². The summed E-state index contributed by atoms with van der Waals surface area (Å²) in [6.07, 6.45) is 7.67. The molecule has 2 aliphatic rings. The second-order valence-corrected chi connectivity index (χ2v) is 8.61. The lowest BCUT2D eigenvalue weighted by Gasteiger charge is -2.31. The second kappa shape index (κ2) is 8.10. The Labute approximate surface area is 165 Å². The summed E-state index contributed by atoms with van der Waals surface area (Å²) in [6, 6.07) is 0.430. The lowest BCUT2D eigenvalue weighted by atomic mass is 9.90. The highest BCUT2D eigenvalue weighted by Gasteiger charge is 2.32. The molecular weight excluding hydrogens is 358 g/mol. The van der Waals surface area contributed by atoms with Crippen LogP contribution in [0.4, 0.5) is 0 Å². The molecule has 1 saturated heterocycles. The van der Waals surface area contributed by atoms with Crippen molar-refractivity contribution in [3.05, 3.63) is 33.5 Å². The maximum atomic E-state index is 13.2. The molecule has 0 radical (unpaired) electrons. The van der Waals surface area contributed by atoms with Gasteiger partial charge < -0.3 is 4.90 Å². The van der Waals surface area contributed by atoms with E-state index in [4.69, 9.17) is 0 Å². The van der Waals surface area contributed by atoms with Crippen molar-refractivity contribution in [3.8, 4) is 0 Å². The minimum atomic E-state index is 0.136. The fourth-order valence-electron chi connectivity index (χ4n) is 4.44. The zero-order valence-corrected chi connectivity index (χ0v) is 17.2. The molecule has 0 N–H and O–H groups in total. The van der Waals surface area contributed by atoms with E-state index in [9.17, 15) is 4.79 Å². The summed E-state index contributed by atoms with van der Waals surface area (Å²) in [6.45, 7) is 2.61. The summed E-state index contributed by atoms with van der Waals surface area (Å²) in [5, 5.41) is 6.78. The Balaban J connectivity index is 1.52. The van der Waals surface area contributed by atoms with Gasteiger partial charge in [0.25, 0.3) is 5.91 Å². The smallest absolute Gasteiger partial charge is 0.274 e. The molecule has 2 aromatic heterocycles. The molecule has 3 heterocycles. The number of aryl methyl sites for hydroxylation is 1. The normalized spacial score (nSPS) is 20.6. The van der Waals surface area contributed by atoms with E-state index >= 15 is 0 Å². The molecule has 2 aromatic rings. The van der Waals surface area contributed by atoms with Crippen molar-refractivity contribution in [2.75, 3.05) is 20.1 Å². The van der Waals surface area contributed by atoms with Crippen molar-refractivity contribution in [2.24, 2.45) is 7.05 Å². The molecule has 6 nitrogen and oxygen atoms in total. The first-order chi connectivity index (χ1) is 13.1.